The standard InChI is InChI=1S/C14H18F2N2/c15-9-3-6-12(16)11(8-9)14-13(17)2-1-7-18(14)10-4-5-10/h3,6,8,10,13-14H,1-2,4-5,7,17H2. The number of rotatable bonds is 2. The predicted octanol–water partition coefficient (Wildman–Crippen LogP) is 2.59. The number of nitrogens with zero attached hydrogens (tertiary/aromatic N) is 1. The van der Waals surface area contributed by atoms with Crippen LogP contribution in [-0.2, 0) is 0 Å². The maximum Gasteiger partial charge on any atom is 0.128 e. The second-order valence-corrected chi connectivity index (χ2v) is 5.39. The minimum Gasteiger partial charge on any atom is -0.326 e. The molecule has 1 saturated carbocycles. The Kier molecular flexibility index (Phi) is 3.08. The third-order valence-electron chi connectivity index (χ3n) is 4.01. The van der Waals surface area contributed by atoms with Gasteiger partial charge in [0.05, 0.1) is 6.04 Å². The number of hydrogen-bond acceptors (Lipinski definition) is 2. The zero-order chi connectivity index (χ0) is 12.7. The van der Waals surface area contributed by atoms with Crippen LogP contribution in [0.2, 0.25) is 0 Å². The van der Waals surface area contributed by atoms with Crippen LogP contribution in [0.5, 0.6) is 0 Å². The maximum absolute atomic E-state index is 13.9. The van der Waals surface area contributed by atoms with E-state index in [1.165, 1.54) is 12.1 Å². The monoisotopic (exact) mass is 252 g/mol. The predicted molar refractivity (Wildman–Crippen MR) is 66.0 cm³/mol. The lowest BCUT2D eigenvalue weighted by Gasteiger charge is -2.40. The van der Waals surface area contributed by atoms with Gasteiger partial charge in [0.2, 0.25) is 0 Å². The van der Waals surface area contributed by atoms with E-state index in [0.717, 1.165) is 38.3 Å². The van der Waals surface area contributed by atoms with E-state index in [9.17, 15) is 8.78 Å². The third kappa shape index (κ3) is 2.15. The molecule has 2 N–H and O–H groups in total. The largest absolute Gasteiger partial charge is 0.326 e. The highest BCUT2D eigenvalue weighted by Crippen LogP contribution is 2.40. The SMILES string of the molecule is NC1CCCN(C2CC2)C1c1cc(F)ccc1F. The molecular weight excluding hydrogens is 234 g/mol. The molecule has 0 amide bonds. The zero-order valence-corrected chi connectivity index (χ0v) is 10.3. The van der Waals surface area contributed by atoms with Gasteiger partial charge in [0, 0.05) is 17.6 Å². The highest BCUT2D eigenvalue weighted by Gasteiger charge is 2.40. The molecule has 18 heavy (non-hydrogen) atoms. The van der Waals surface area contributed by atoms with Gasteiger partial charge in [-0.15, -0.1) is 0 Å². The summed E-state index contributed by atoms with van der Waals surface area (Å²) in [6.07, 6.45) is 4.23. The Morgan fingerprint density at radius 2 is 1.94 bits per heavy atom. The summed E-state index contributed by atoms with van der Waals surface area (Å²) in [5, 5.41) is 0. The van der Waals surface area contributed by atoms with Gasteiger partial charge in [0.15, 0.2) is 0 Å². The smallest absolute Gasteiger partial charge is 0.128 e. The van der Waals surface area contributed by atoms with Gasteiger partial charge >= 0.3 is 0 Å². The normalized spacial score (nSPS) is 29.5. The molecule has 0 aromatic heterocycles. The topological polar surface area (TPSA) is 29.3 Å². The number of nitrogens with two attached hydrogens (primary N) is 1. The number of hydrogen-bond donors (Lipinski definition) is 1. The van der Waals surface area contributed by atoms with Crippen LogP contribution < -0.4 is 5.73 Å². The van der Waals surface area contributed by atoms with Crippen molar-refractivity contribution < 1.29 is 8.78 Å². The summed E-state index contributed by atoms with van der Waals surface area (Å²) >= 11 is 0. The second kappa shape index (κ2) is 4.59. The number of benzene rings is 1. The molecule has 0 bridgehead atoms. The van der Waals surface area contributed by atoms with Crippen LogP contribution in [0.15, 0.2) is 18.2 Å². The third-order valence-corrected chi connectivity index (χ3v) is 4.01. The van der Waals surface area contributed by atoms with E-state index in [-0.39, 0.29) is 23.7 Å². The lowest BCUT2D eigenvalue weighted by atomic mass is 9.90. The average molecular weight is 252 g/mol. The highest BCUT2D eigenvalue weighted by molar-refractivity contribution is 5.25. The van der Waals surface area contributed by atoms with Crippen molar-refractivity contribution in [3.05, 3.63) is 35.4 Å². The van der Waals surface area contributed by atoms with E-state index in [2.05, 4.69) is 4.90 Å². The van der Waals surface area contributed by atoms with Crippen LogP contribution in [0, 0.1) is 11.6 Å². The van der Waals surface area contributed by atoms with E-state index >= 15 is 0 Å². The Morgan fingerprint density at radius 1 is 1.17 bits per heavy atom. The van der Waals surface area contributed by atoms with Crippen LogP contribution in [0.3, 0.4) is 0 Å². The first-order valence-corrected chi connectivity index (χ1v) is 6.63. The van der Waals surface area contributed by atoms with E-state index in [0.29, 0.717) is 11.6 Å². The molecule has 0 radical (unpaired) electrons. The summed E-state index contributed by atoms with van der Waals surface area (Å²) in [5.41, 5.74) is 6.58. The van der Waals surface area contributed by atoms with Crippen molar-refractivity contribution in [2.24, 2.45) is 5.73 Å². The molecule has 2 atom stereocenters. The van der Waals surface area contributed by atoms with Crippen LogP contribution in [0.4, 0.5) is 8.78 Å². The van der Waals surface area contributed by atoms with Crippen molar-refractivity contribution in [3.63, 3.8) is 0 Å². The summed E-state index contributed by atoms with van der Waals surface area (Å²) in [5.74, 6) is -0.732. The summed E-state index contributed by atoms with van der Waals surface area (Å²) in [6, 6.07) is 3.92. The summed E-state index contributed by atoms with van der Waals surface area (Å²) in [6.45, 7) is 0.943. The number of piperidine rings is 1. The van der Waals surface area contributed by atoms with Gasteiger partial charge in [-0.2, -0.15) is 0 Å². The van der Waals surface area contributed by atoms with Crippen LogP contribution >= 0.6 is 0 Å². The van der Waals surface area contributed by atoms with Crippen molar-refractivity contribution in [2.75, 3.05) is 6.54 Å². The van der Waals surface area contributed by atoms with Gasteiger partial charge in [0.25, 0.3) is 0 Å². The fourth-order valence-electron chi connectivity index (χ4n) is 3.02. The Morgan fingerprint density at radius 3 is 2.67 bits per heavy atom. The molecule has 1 aromatic carbocycles. The van der Waals surface area contributed by atoms with E-state index in [1.54, 1.807) is 0 Å². The van der Waals surface area contributed by atoms with Crippen molar-refractivity contribution in [1.29, 1.82) is 0 Å². The Hall–Kier alpha value is -1.00. The summed E-state index contributed by atoms with van der Waals surface area (Å²) in [7, 11) is 0. The Balaban J connectivity index is 1.97. The Labute approximate surface area is 106 Å². The molecule has 1 aliphatic carbocycles. The van der Waals surface area contributed by atoms with Crippen molar-refractivity contribution in [3.8, 4) is 0 Å². The van der Waals surface area contributed by atoms with Gasteiger partial charge in [-0.05, 0) is 50.4 Å². The first-order chi connectivity index (χ1) is 8.66. The fraction of sp³-hybridized carbons (Fsp3) is 0.571. The highest BCUT2D eigenvalue weighted by atomic mass is 19.1. The first kappa shape index (κ1) is 12.1. The van der Waals surface area contributed by atoms with Crippen LogP contribution in [-0.4, -0.2) is 23.5 Å². The Bertz CT molecular complexity index is 445. The van der Waals surface area contributed by atoms with Crippen molar-refractivity contribution in [1.82, 2.24) is 4.90 Å². The molecule has 3 rings (SSSR count). The van der Waals surface area contributed by atoms with Gasteiger partial charge < -0.3 is 5.73 Å². The average Bonchev–Trinajstić information content (AvgIpc) is 3.16. The van der Waals surface area contributed by atoms with E-state index in [4.69, 9.17) is 5.73 Å². The zero-order valence-electron chi connectivity index (χ0n) is 10.3. The fourth-order valence-corrected chi connectivity index (χ4v) is 3.02. The lowest BCUT2D eigenvalue weighted by molar-refractivity contribution is 0.116. The maximum atomic E-state index is 13.9. The second-order valence-electron chi connectivity index (χ2n) is 5.39. The van der Waals surface area contributed by atoms with Gasteiger partial charge in [-0.25, -0.2) is 8.78 Å². The van der Waals surface area contributed by atoms with Crippen LogP contribution in [0.1, 0.15) is 37.3 Å². The molecule has 0 spiro atoms. The molecule has 98 valence electrons. The lowest BCUT2D eigenvalue weighted by Crippen LogP contribution is -2.47. The van der Waals surface area contributed by atoms with Crippen molar-refractivity contribution in [2.45, 2.75) is 43.8 Å². The number of likely N-dealkylation sites (tertiary alicyclic amines) is 1. The molecule has 1 heterocycles. The minimum absolute atomic E-state index is 0.101. The molecule has 4 heteroatoms. The molecule has 2 unspecified atom stereocenters. The summed E-state index contributed by atoms with van der Waals surface area (Å²) < 4.78 is 27.3. The van der Waals surface area contributed by atoms with Gasteiger partial charge in [-0.1, -0.05) is 0 Å². The molecule has 1 aromatic rings. The van der Waals surface area contributed by atoms with Gasteiger partial charge in [0.1, 0.15) is 11.6 Å². The molecule has 1 aliphatic heterocycles. The minimum atomic E-state index is -0.389. The van der Waals surface area contributed by atoms with E-state index < -0.39 is 0 Å². The molecule has 2 aliphatic rings. The molecule has 2 fully saturated rings. The first-order valence-electron chi connectivity index (χ1n) is 6.63. The van der Waals surface area contributed by atoms with Crippen molar-refractivity contribution >= 4 is 0 Å². The molecular formula is C14H18F2N2. The number of halogens is 2. The van der Waals surface area contributed by atoms with Crippen LogP contribution in [0.25, 0.3) is 0 Å². The van der Waals surface area contributed by atoms with Gasteiger partial charge in [-0.3, -0.25) is 4.90 Å². The molecule has 2 nitrogen and oxygen atoms in total. The van der Waals surface area contributed by atoms with E-state index in [1.807, 2.05) is 0 Å². The quantitative estimate of drug-likeness (QED) is 0.876. The summed E-state index contributed by atoms with van der Waals surface area (Å²) in [4.78, 5) is 2.27. The molecule has 1 saturated heterocycles.